The number of nitro benzene ring substituents is 1. The second kappa shape index (κ2) is 8.27. The second-order valence-electron chi connectivity index (χ2n) is 6.79. The number of benzene rings is 2. The molecule has 9 nitrogen and oxygen atoms in total. The predicted molar refractivity (Wildman–Crippen MR) is 105 cm³/mol. The number of amides is 1. The molecular weight excluding hydrogens is 397 g/mol. The molecule has 0 aliphatic carbocycles. The van der Waals surface area contributed by atoms with Crippen molar-refractivity contribution >= 4 is 29.0 Å². The minimum Gasteiger partial charge on any atom is -0.478 e. The number of carbonyl (C=O) groups is 3. The van der Waals surface area contributed by atoms with Crippen molar-refractivity contribution in [1.82, 2.24) is 4.90 Å². The molecule has 0 bridgehead atoms. The normalized spacial score (nSPS) is 13.8. The maximum absolute atomic E-state index is 14.4. The first-order valence-corrected chi connectivity index (χ1v) is 9.05. The second-order valence-corrected chi connectivity index (χ2v) is 6.79. The van der Waals surface area contributed by atoms with Crippen LogP contribution in [0.3, 0.4) is 0 Å². The van der Waals surface area contributed by atoms with Crippen molar-refractivity contribution in [3.05, 3.63) is 69.0 Å². The number of nitrogens with zero attached hydrogens (tertiary/aromatic N) is 3. The molecule has 1 heterocycles. The molecule has 1 amide bonds. The fourth-order valence-corrected chi connectivity index (χ4v) is 3.31. The van der Waals surface area contributed by atoms with Crippen LogP contribution in [0.2, 0.25) is 0 Å². The van der Waals surface area contributed by atoms with Crippen molar-refractivity contribution in [3.63, 3.8) is 0 Å². The minimum absolute atomic E-state index is 0.175. The fraction of sp³-hybridized carbons (Fsp3) is 0.250. The standard InChI is InChI=1S/C20H18FN3O6/c1-12(25)13-2-5-18(17(21)10-13)22-6-8-23(9-7-22)19(26)16-11-14(24(29)30)3-4-15(16)20(27)28/h2-5,10-11H,6-9H2,1H3,(H,27,28). The average molecular weight is 415 g/mol. The third kappa shape index (κ3) is 4.12. The topological polar surface area (TPSA) is 121 Å². The highest BCUT2D eigenvalue weighted by Crippen LogP contribution is 2.24. The number of carboxylic acids is 1. The van der Waals surface area contributed by atoms with Crippen LogP contribution in [0.1, 0.15) is 38.0 Å². The molecule has 156 valence electrons. The van der Waals surface area contributed by atoms with Gasteiger partial charge in [-0.3, -0.25) is 19.7 Å². The molecular formula is C20H18FN3O6. The molecule has 1 saturated heterocycles. The van der Waals surface area contributed by atoms with Crippen LogP contribution in [0, 0.1) is 15.9 Å². The number of rotatable bonds is 5. The van der Waals surface area contributed by atoms with Crippen LogP contribution in [0.25, 0.3) is 0 Å². The summed E-state index contributed by atoms with van der Waals surface area (Å²) in [6.07, 6.45) is 0. The highest BCUT2D eigenvalue weighted by molar-refractivity contribution is 6.05. The minimum atomic E-state index is -1.36. The van der Waals surface area contributed by atoms with Crippen LogP contribution < -0.4 is 4.90 Å². The van der Waals surface area contributed by atoms with Crippen molar-refractivity contribution in [2.75, 3.05) is 31.1 Å². The molecule has 10 heteroatoms. The number of aromatic carboxylic acids is 1. The highest BCUT2D eigenvalue weighted by atomic mass is 19.1. The zero-order valence-corrected chi connectivity index (χ0v) is 16.0. The first-order valence-electron chi connectivity index (χ1n) is 9.05. The zero-order valence-electron chi connectivity index (χ0n) is 16.0. The third-order valence-corrected chi connectivity index (χ3v) is 4.94. The van der Waals surface area contributed by atoms with Crippen LogP contribution in [0.4, 0.5) is 15.8 Å². The summed E-state index contributed by atoms with van der Waals surface area (Å²) in [5.74, 6) is -2.79. The lowest BCUT2D eigenvalue weighted by Crippen LogP contribution is -2.49. The Labute approximate surface area is 170 Å². The molecule has 1 aliphatic rings. The van der Waals surface area contributed by atoms with E-state index in [1.54, 1.807) is 4.90 Å². The summed E-state index contributed by atoms with van der Waals surface area (Å²) >= 11 is 0. The molecule has 0 aromatic heterocycles. The van der Waals surface area contributed by atoms with Gasteiger partial charge in [-0.05, 0) is 31.2 Å². The molecule has 0 unspecified atom stereocenters. The van der Waals surface area contributed by atoms with E-state index in [-0.39, 0.29) is 54.3 Å². The number of piperazine rings is 1. The van der Waals surface area contributed by atoms with E-state index in [9.17, 15) is 34.0 Å². The maximum atomic E-state index is 14.4. The van der Waals surface area contributed by atoms with E-state index in [1.165, 1.54) is 24.0 Å². The number of halogens is 1. The Balaban J connectivity index is 1.78. The molecule has 2 aromatic rings. The summed E-state index contributed by atoms with van der Waals surface area (Å²) in [5.41, 5.74) is -0.402. The molecule has 1 N–H and O–H groups in total. The molecule has 0 saturated carbocycles. The Kier molecular flexibility index (Phi) is 5.77. The van der Waals surface area contributed by atoms with E-state index in [2.05, 4.69) is 0 Å². The number of nitro groups is 1. The number of Topliss-reactive ketones (excluding diaryl/α,β-unsaturated/α-hetero) is 1. The largest absolute Gasteiger partial charge is 0.478 e. The lowest BCUT2D eigenvalue weighted by molar-refractivity contribution is -0.384. The molecule has 0 atom stereocenters. The van der Waals surface area contributed by atoms with Crippen molar-refractivity contribution in [2.45, 2.75) is 6.92 Å². The van der Waals surface area contributed by atoms with Crippen molar-refractivity contribution in [1.29, 1.82) is 0 Å². The molecule has 1 fully saturated rings. The van der Waals surface area contributed by atoms with Gasteiger partial charge < -0.3 is 14.9 Å². The Bertz CT molecular complexity index is 1050. The predicted octanol–water partition coefficient (Wildman–Crippen LogP) is 2.60. The first-order chi connectivity index (χ1) is 14.2. The van der Waals surface area contributed by atoms with E-state index < -0.39 is 22.6 Å². The van der Waals surface area contributed by atoms with Gasteiger partial charge in [0.15, 0.2) is 5.78 Å². The average Bonchev–Trinajstić information content (AvgIpc) is 2.72. The van der Waals surface area contributed by atoms with Crippen LogP contribution in [-0.4, -0.2) is 58.8 Å². The molecule has 3 rings (SSSR count). The molecule has 0 radical (unpaired) electrons. The smallest absolute Gasteiger partial charge is 0.336 e. The number of hydrogen-bond donors (Lipinski definition) is 1. The van der Waals surface area contributed by atoms with Crippen LogP contribution in [0.5, 0.6) is 0 Å². The van der Waals surface area contributed by atoms with E-state index in [0.29, 0.717) is 5.69 Å². The van der Waals surface area contributed by atoms with Gasteiger partial charge in [-0.25, -0.2) is 9.18 Å². The van der Waals surface area contributed by atoms with Crippen LogP contribution in [0.15, 0.2) is 36.4 Å². The number of carboxylic acid groups (broad SMARTS) is 1. The third-order valence-electron chi connectivity index (χ3n) is 4.94. The summed E-state index contributed by atoms with van der Waals surface area (Å²) in [6.45, 7) is 2.25. The van der Waals surface area contributed by atoms with E-state index in [0.717, 1.165) is 24.3 Å². The number of non-ortho nitro benzene ring substituents is 1. The summed E-state index contributed by atoms with van der Waals surface area (Å²) < 4.78 is 14.4. The van der Waals surface area contributed by atoms with Gasteiger partial charge in [0, 0.05) is 43.9 Å². The van der Waals surface area contributed by atoms with Gasteiger partial charge >= 0.3 is 5.97 Å². The quantitative estimate of drug-likeness (QED) is 0.453. The van der Waals surface area contributed by atoms with E-state index in [4.69, 9.17) is 0 Å². The van der Waals surface area contributed by atoms with Gasteiger partial charge in [-0.2, -0.15) is 0 Å². The lowest BCUT2D eigenvalue weighted by Gasteiger charge is -2.36. The SMILES string of the molecule is CC(=O)c1ccc(N2CCN(C(=O)c3cc([N+](=O)[O-])ccc3C(=O)O)CC2)c(F)c1. The van der Waals surface area contributed by atoms with Crippen molar-refractivity contribution in [3.8, 4) is 0 Å². The Morgan fingerprint density at radius 2 is 1.70 bits per heavy atom. The number of carbonyl (C=O) groups excluding carboxylic acids is 2. The van der Waals surface area contributed by atoms with Crippen LogP contribution >= 0.6 is 0 Å². The van der Waals surface area contributed by atoms with Gasteiger partial charge in [0.1, 0.15) is 5.82 Å². The maximum Gasteiger partial charge on any atom is 0.336 e. The molecule has 30 heavy (non-hydrogen) atoms. The molecule has 0 spiro atoms. The van der Waals surface area contributed by atoms with Gasteiger partial charge in [0.2, 0.25) is 0 Å². The van der Waals surface area contributed by atoms with Crippen LogP contribution in [-0.2, 0) is 0 Å². The van der Waals surface area contributed by atoms with Gasteiger partial charge in [-0.15, -0.1) is 0 Å². The number of anilines is 1. The van der Waals surface area contributed by atoms with Gasteiger partial charge in [0.05, 0.1) is 21.7 Å². The highest BCUT2D eigenvalue weighted by Gasteiger charge is 2.28. The van der Waals surface area contributed by atoms with E-state index in [1.807, 2.05) is 0 Å². The molecule has 2 aromatic carbocycles. The summed E-state index contributed by atoms with van der Waals surface area (Å²) in [6, 6.07) is 7.23. The Morgan fingerprint density at radius 1 is 1.03 bits per heavy atom. The first kappa shape index (κ1) is 20.9. The Hall–Kier alpha value is -3.82. The summed E-state index contributed by atoms with van der Waals surface area (Å²) in [4.78, 5) is 49.0. The lowest BCUT2D eigenvalue weighted by atomic mass is 10.0. The molecule has 1 aliphatic heterocycles. The van der Waals surface area contributed by atoms with Crippen molar-refractivity contribution in [2.24, 2.45) is 0 Å². The van der Waals surface area contributed by atoms with Crippen molar-refractivity contribution < 1.29 is 28.8 Å². The van der Waals surface area contributed by atoms with Gasteiger partial charge in [-0.1, -0.05) is 0 Å². The Morgan fingerprint density at radius 3 is 2.23 bits per heavy atom. The zero-order chi connectivity index (χ0) is 22.0. The fourth-order valence-electron chi connectivity index (χ4n) is 3.31. The summed E-state index contributed by atoms with van der Waals surface area (Å²) in [5, 5.41) is 20.3. The van der Waals surface area contributed by atoms with Gasteiger partial charge in [0.25, 0.3) is 11.6 Å². The summed E-state index contributed by atoms with van der Waals surface area (Å²) in [7, 11) is 0. The van der Waals surface area contributed by atoms with E-state index >= 15 is 0 Å². The number of hydrogen-bond acceptors (Lipinski definition) is 6. The number of ketones is 1. The monoisotopic (exact) mass is 415 g/mol.